The summed E-state index contributed by atoms with van der Waals surface area (Å²) in [6.45, 7) is 3.94. The van der Waals surface area contributed by atoms with E-state index in [4.69, 9.17) is 23.7 Å². The molecular formula is C43H42N6O7. The van der Waals surface area contributed by atoms with Gasteiger partial charge in [-0.05, 0) is 46.5 Å². The number of imidazole rings is 1. The molecule has 0 radical (unpaired) electrons. The molecule has 2 amide bonds. The quantitative estimate of drug-likeness (QED) is 0.126. The lowest BCUT2D eigenvalue weighted by molar-refractivity contribution is -0.118. The maximum atomic E-state index is 13.8. The van der Waals surface area contributed by atoms with E-state index in [1.165, 1.54) is 6.33 Å². The van der Waals surface area contributed by atoms with Crippen LogP contribution in [0, 0.1) is 5.92 Å². The number of hydrogen-bond donors (Lipinski definition) is 1. The highest BCUT2D eigenvalue weighted by Gasteiger charge is 2.58. The summed E-state index contributed by atoms with van der Waals surface area (Å²) in [6, 6.07) is 34.8. The average Bonchev–Trinajstić information content (AvgIpc) is 3.92. The van der Waals surface area contributed by atoms with Crippen LogP contribution in [0.1, 0.15) is 42.3 Å². The summed E-state index contributed by atoms with van der Waals surface area (Å²) >= 11 is 0. The first kappa shape index (κ1) is 36.7. The van der Waals surface area contributed by atoms with Gasteiger partial charge in [0.15, 0.2) is 29.3 Å². The molecule has 2 saturated heterocycles. The van der Waals surface area contributed by atoms with Crippen LogP contribution < -0.4 is 14.8 Å². The Morgan fingerprint density at radius 3 is 2.04 bits per heavy atom. The van der Waals surface area contributed by atoms with Gasteiger partial charge in [-0.3, -0.25) is 14.3 Å². The number of carbonyl (C=O) groups is 2. The molecule has 2 aliphatic rings. The maximum absolute atomic E-state index is 13.8. The summed E-state index contributed by atoms with van der Waals surface area (Å²) in [7, 11) is 3.27. The van der Waals surface area contributed by atoms with Crippen LogP contribution in [0.15, 0.2) is 122 Å². The monoisotopic (exact) mass is 754 g/mol. The minimum absolute atomic E-state index is 0.0455. The van der Waals surface area contributed by atoms with Gasteiger partial charge in [0.05, 0.1) is 27.2 Å². The number of anilines is 1. The number of nitrogens with one attached hydrogen (secondary N) is 1. The number of aromatic nitrogens is 4. The predicted octanol–water partition coefficient (Wildman–Crippen LogP) is 6.73. The number of hydrogen-bond acceptors (Lipinski definition) is 10. The second-order valence-electron chi connectivity index (χ2n) is 14.0. The minimum Gasteiger partial charge on any atom is -0.497 e. The van der Waals surface area contributed by atoms with E-state index >= 15 is 0 Å². The number of nitrogens with zero attached hydrogens (tertiary/aromatic N) is 5. The molecule has 0 aliphatic carbocycles. The Hall–Kier alpha value is -6.31. The number of ether oxygens (including phenoxy) is 5. The van der Waals surface area contributed by atoms with E-state index in [0.29, 0.717) is 29.2 Å². The summed E-state index contributed by atoms with van der Waals surface area (Å²) in [5.74, 6) is 1.22. The highest BCUT2D eigenvalue weighted by Crippen LogP contribution is 2.45. The van der Waals surface area contributed by atoms with Crippen LogP contribution in [0.4, 0.5) is 10.6 Å². The van der Waals surface area contributed by atoms with Crippen LogP contribution in [0.2, 0.25) is 0 Å². The van der Waals surface area contributed by atoms with E-state index in [2.05, 4.69) is 20.3 Å². The molecule has 6 aromatic rings. The number of methoxy groups -OCH3 is 2. The van der Waals surface area contributed by atoms with Crippen LogP contribution in [0.3, 0.4) is 0 Å². The molecular weight excluding hydrogens is 713 g/mol. The summed E-state index contributed by atoms with van der Waals surface area (Å²) in [6.07, 6.45) is 0.203. The second-order valence-corrected chi connectivity index (χ2v) is 14.0. The van der Waals surface area contributed by atoms with Crippen molar-refractivity contribution in [2.45, 2.75) is 50.5 Å². The van der Waals surface area contributed by atoms with Crippen molar-refractivity contribution in [3.05, 3.63) is 144 Å². The van der Waals surface area contributed by atoms with Crippen LogP contribution in [0.5, 0.6) is 11.5 Å². The Balaban J connectivity index is 1.21. The molecule has 1 N–H and O–H groups in total. The van der Waals surface area contributed by atoms with Crippen molar-refractivity contribution in [2.24, 2.45) is 5.92 Å². The Morgan fingerprint density at radius 1 is 0.821 bits per heavy atom. The normalized spacial score (nSPS) is 19.2. The van der Waals surface area contributed by atoms with Crippen molar-refractivity contribution in [1.29, 1.82) is 0 Å². The summed E-state index contributed by atoms with van der Waals surface area (Å²) in [5.41, 5.74) is 3.20. The van der Waals surface area contributed by atoms with Crippen molar-refractivity contribution >= 4 is 29.0 Å². The standard InChI is InChI=1S/C43H42N6O7/c1-27(2)40(50)47-38-35-39(45-25-44-38)49(26-46-35)41-37-36(48(42(51)56-37)23-28-11-7-5-8-12-28)34(55-41)24-54-43(29-13-9-6-10-14-29,30-15-19-32(52-3)20-16-30)31-17-21-33(53-4)22-18-31/h5-22,25-27,34,36-37,41H,23-24H2,1-4H3,(H,44,45,47,50)/t34-,36-,37-,41-/m1/s1. The number of amides is 2. The fourth-order valence-corrected chi connectivity index (χ4v) is 7.51. The molecule has 0 saturated carbocycles. The van der Waals surface area contributed by atoms with E-state index in [0.717, 1.165) is 22.3 Å². The molecule has 8 rings (SSSR count). The number of benzene rings is 4. The SMILES string of the molecule is COc1ccc(C(OC[C@H]2O[C@@H](n3cnc4c(NC(=O)C(C)C)ncnc43)[C@@H]3OC(=O)N(Cc4ccccc4)[C@@H]32)(c2ccccc2)c2ccc(OC)cc2)cc1. The fourth-order valence-electron chi connectivity index (χ4n) is 7.51. The molecule has 13 nitrogen and oxygen atoms in total. The number of rotatable bonds is 13. The smallest absolute Gasteiger partial charge is 0.411 e. The molecule has 0 bridgehead atoms. The molecule has 4 heterocycles. The van der Waals surface area contributed by atoms with E-state index in [1.807, 2.05) is 109 Å². The Morgan fingerprint density at radius 2 is 1.43 bits per heavy atom. The fraction of sp³-hybridized carbons (Fsp3) is 0.279. The van der Waals surface area contributed by atoms with Crippen molar-refractivity contribution in [3.63, 3.8) is 0 Å². The van der Waals surface area contributed by atoms with Crippen LogP contribution in [-0.2, 0) is 31.2 Å². The van der Waals surface area contributed by atoms with Gasteiger partial charge in [-0.25, -0.2) is 19.7 Å². The van der Waals surface area contributed by atoms with Crippen molar-refractivity contribution in [3.8, 4) is 11.5 Å². The van der Waals surface area contributed by atoms with Crippen molar-refractivity contribution in [1.82, 2.24) is 24.4 Å². The molecule has 2 aliphatic heterocycles. The lowest BCUT2D eigenvalue weighted by Crippen LogP contribution is -2.45. The van der Waals surface area contributed by atoms with Crippen molar-refractivity contribution < 1.29 is 33.3 Å². The van der Waals surface area contributed by atoms with Gasteiger partial charge in [0, 0.05) is 12.5 Å². The Bertz CT molecular complexity index is 2250. The lowest BCUT2D eigenvalue weighted by Gasteiger charge is -2.37. The molecule has 0 spiro atoms. The Kier molecular flexibility index (Phi) is 10.1. The van der Waals surface area contributed by atoms with Crippen molar-refractivity contribution in [2.75, 3.05) is 26.1 Å². The van der Waals surface area contributed by atoms with Gasteiger partial charge in [-0.1, -0.05) is 98.8 Å². The third-order valence-electron chi connectivity index (χ3n) is 10.4. The third-order valence-corrected chi connectivity index (χ3v) is 10.4. The Labute approximate surface area is 324 Å². The largest absolute Gasteiger partial charge is 0.497 e. The summed E-state index contributed by atoms with van der Waals surface area (Å²) in [5, 5.41) is 2.85. The van der Waals surface area contributed by atoms with Gasteiger partial charge >= 0.3 is 6.09 Å². The van der Waals surface area contributed by atoms with Gasteiger partial charge in [0.1, 0.15) is 35.6 Å². The van der Waals surface area contributed by atoms with E-state index in [1.54, 1.807) is 43.9 Å². The van der Waals surface area contributed by atoms with E-state index in [-0.39, 0.29) is 24.2 Å². The first-order valence-corrected chi connectivity index (χ1v) is 18.4. The zero-order valence-corrected chi connectivity index (χ0v) is 31.4. The van der Waals surface area contributed by atoms with Gasteiger partial charge < -0.3 is 29.0 Å². The van der Waals surface area contributed by atoms with Crippen LogP contribution in [-0.4, -0.2) is 75.5 Å². The van der Waals surface area contributed by atoms with Crippen LogP contribution in [0.25, 0.3) is 11.2 Å². The maximum Gasteiger partial charge on any atom is 0.411 e. The molecule has 4 aromatic carbocycles. The van der Waals surface area contributed by atoms with Gasteiger partial charge in [0.2, 0.25) is 5.91 Å². The predicted molar refractivity (Wildman–Crippen MR) is 207 cm³/mol. The first-order valence-electron chi connectivity index (χ1n) is 18.4. The zero-order valence-electron chi connectivity index (χ0n) is 31.4. The summed E-state index contributed by atoms with van der Waals surface area (Å²) in [4.78, 5) is 41.6. The second kappa shape index (κ2) is 15.4. The number of carbonyl (C=O) groups excluding carboxylic acids is 2. The minimum atomic E-state index is -1.14. The molecule has 4 atom stereocenters. The average molecular weight is 755 g/mol. The van der Waals surface area contributed by atoms with Crippen LogP contribution >= 0.6 is 0 Å². The molecule has 13 heteroatoms. The van der Waals surface area contributed by atoms with Gasteiger partial charge in [-0.15, -0.1) is 0 Å². The first-order chi connectivity index (χ1) is 27.3. The summed E-state index contributed by atoms with van der Waals surface area (Å²) < 4.78 is 33.2. The molecule has 56 heavy (non-hydrogen) atoms. The highest BCUT2D eigenvalue weighted by atomic mass is 16.6. The molecule has 2 aromatic heterocycles. The highest BCUT2D eigenvalue weighted by molar-refractivity contribution is 5.97. The molecule has 286 valence electrons. The van der Waals surface area contributed by atoms with E-state index in [9.17, 15) is 9.59 Å². The van der Waals surface area contributed by atoms with E-state index < -0.39 is 36.2 Å². The third kappa shape index (κ3) is 6.69. The molecule has 2 fully saturated rings. The lowest BCUT2D eigenvalue weighted by atomic mass is 9.80. The molecule has 0 unspecified atom stereocenters. The number of fused-ring (bicyclic) bond motifs is 2. The van der Waals surface area contributed by atoms with Gasteiger partial charge in [0.25, 0.3) is 0 Å². The van der Waals surface area contributed by atoms with Gasteiger partial charge in [-0.2, -0.15) is 0 Å². The zero-order chi connectivity index (χ0) is 38.8. The topological polar surface area (TPSA) is 139 Å².